The third kappa shape index (κ3) is 3.13. The molecule has 0 radical (unpaired) electrons. The van der Waals surface area contributed by atoms with Gasteiger partial charge >= 0.3 is 0 Å². The Morgan fingerprint density at radius 3 is 2.57 bits per heavy atom. The van der Waals surface area contributed by atoms with E-state index in [0.29, 0.717) is 11.0 Å². The summed E-state index contributed by atoms with van der Waals surface area (Å²) >= 11 is 0. The smallest absolute Gasteiger partial charge is 0.243 e. The molecule has 3 rings (SSSR count). The molecule has 1 aromatic carbocycles. The van der Waals surface area contributed by atoms with E-state index in [1.807, 2.05) is 48.7 Å². The van der Waals surface area contributed by atoms with Crippen molar-refractivity contribution >= 4 is 21.1 Å². The number of nitrogens with zero attached hydrogens (tertiary/aromatic N) is 2. The average molecular weight is 329 g/mol. The quantitative estimate of drug-likeness (QED) is 0.782. The molecule has 1 N–H and O–H groups in total. The molecule has 0 aliphatic heterocycles. The molecule has 120 valence electrons. The Morgan fingerprint density at radius 1 is 1.13 bits per heavy atom. The lowest BCUT2D eigenvalue weighted by Gasteiger charge is -2.07. The zero-order valence-electron chi connectivity index (χ0n) is 13.1. The monoisotopic (exact) mass is 329 g/mol. The lowest BCUT2D eigenvalue weighted by molar-refractivity contribution is 0.579. The van der Waals surface area contributed by atoms with E-state index in [0.717, 1.165) is 5.56 Å². The largest absolute Gasteiger partial charge is 0.329 e. The van der Waals surface area contributed by atoms with Gasteiger partial charge in [-0.1, -0.05) is 30.3 Å². The summed E-state index contributed by atoms with van der Waals surface area (Å²) in [6.07, 6.45) is 3.34. The van der Waals surface area contributed by atoms with Gasteiger partial charge in [-0.3, -0.25) is 0 Å². The van der Waals surface area contributed by atoms with Gasteiger partial charge in [0.2, 0.25) is 10.0 Å². The summed E-state index contributed by atoms with van der Waals surface area (Å²) in [5, 5.41) is 0.641. The van der Waals surface area contributed by atoms with Crippen LogP contribution in [0.5, 0.6) is 0 Å². The molecule has 3 aromatic rings. The van der Waals surface area contributed by atoms with Gasteiger partial charge in [0.15, 0.2) is 0 Å². The van der Waals surface area contributed by atoms with Crippen LogP contribution in [-0.2, 0) is 16.6 Å². The van der Waals surface area contributed by atoms with E-state index in [-0.39, 0.29) is 17.5 Å². The fourth-order valence-electron chi connectivity index (χ4n) is 2.51. The number of hydrogen-bond acceptors (Lipinski definition) is 3. The molecule has 0 aliphatic rings. The van der Waals surface area contributed by atoms with Crippen molar-refractivity contribution in [2.45, 2.75) is 31.3 Å². The van der Waals surface area contributed by atoms with Crippen molar-refractivity contribution in [3.05, 3.63) is 60.4 Å². The molecule has 0 fully saturated rings. The van der Waals surface area contributed by atoms with E-state index in [4.69, 9.17) is 0 Å². The topological polar surface area (TPSA) is 64.0 Å². The third-order valence-electron chi connectivity index (χ3n) is 3.71. The number of pyridine rings is 1. The van der Waals surface area contributed by atoms with Crippen LogP contribution in [-0.4, -0.2) is 18.0 Å². The molecule has 0 aliphatic carbocycles. The molecular formula is C17H19N3O2S. The van der Waals surface area contributed by atoms with Gasteiger partial charge < -0.3 is 4.57 Å². The molecule has 0 bridgehead atoms. The highest BCUT2D eigenvalue weighted by Gasteiger charge is 2.22. The minimum absolute atomic E-state index is 0.130. The molecule has 5 nitrogen and oxygen atoms in total. The van der Waals surface area contributed by atoms with Crippen LogP contribution >= 0.6 is 0 Å². The van der Waals surface area contributed by atoms with Crippen LogP contribution < -0.4 is 4.72 Å². The Bertz CT molecular complexity index is 915. The minimum atomic E-state index is -3.61. The van der Waals surface area contributed by atoms with Gasteiger partial charge in [0, 0.05) is 30.4 Å². The molecule has 0 unspecified atom stereocenters. The Hall–Kier alpha value is -2.18. The molecule has 0 saturated heterocycles. The minimum Gasteiger partial charge on any atom is -0.329 e. The van der Waals surface area contributed by atoms with E-state index in [1.165, 1.54) is 0 Å². The first-order chi connectivity index (χ1) is 11.0. The highest BCUT2D eigenvalue weighted by atomic mass is 32.2. The second-order valence-electron chi connectivity index (χ2n) is 5.68. The van der Waals surface area contributed by atoms with E-state index in [2.05, 4.69) is 9.71 Å². The number of hydrogen-bond donors (Lipinski definition) is 1. The second-order valence-corrected chi connectivity index (χ2v) is 7.41. The zero-order valence-corrected chi connectivity index (χ0v) is 13.9. The number of rotatable bonds is 5. The molecule has 0 spiro atoms. The van der Waals surface area contributed by atoms with Crippen molar-refractivity contribution in [3.8, 4) is 0 Å². The second kappa shape index (κ2) is 6.14. The Balaban J connectivity index is 1.98. The van der Waals surface area contributed by atoms with Crippen molar-refractivity contribution < 1.29 is 8.42 Å². The van der Waals surface area contributed by atoms with Gasteiger partial charge in [0.05, 0.1) is 0 Å². The van der Waals surface area contributed by atoms with Crippen molar-refractivity contribution in [2.75, 3.05) is 0 Å². The van der Waals surface area contributed by atoms with Crippen molar-refractivity contribution in [1.29, 1.82) is 0 Å². The molecule has 0 amide bonds. The normalized spacial score (nSPS) is 12.1. The number of nitrogens with one attached hydrogen (secondary N) is 1. The summed E-state index contributed by atoms with van der Waals surface area (Å²) in [6, 6.07) is 13.1. The van der Waals surface area contributed by atoms with Crippen LogP contribution in [0.15, 0.2) is 59.8 Å². The lowest BCUT2D eigenvalue weighted by Crippen LogP contribution is -2.23. The fourth-order valence-corrected chi connectivity index (χ4v) is 3.73. The first-order valence-electron chi connectivity index (χ1n) is 7.48. The fraction of sp³-hybridized carbons (Fsp3) is 0.235. The van der Waals surface area contributed by atoms with Gasteiger partial charge in [-0.15, -0.1) is 0 Å². The Kier molecular flexibility index (Phi) is 4.19. The van der Waals surface area contributed by atoms with Crippen LogP contribution in [0.25, 0.3) is 11.0 Å². The van der Waals surface area contributed by atoms with Crippen molar-refractivity contribution in [1.82, 2.24) is 14.3 Å². The summed E-state index contributed by atoms with van der Waals surface area (Å²) in [4.78, 5) is 4.59. The average Bonchev–Trinajstić information content (AvgIpc) is 2.95. The molecular weight excluding hydrogens is 310 g/mol. The zero-order chi connectivity index (χ0) is 16.4. The first-order valence-corrected chi connectivity index (χ1v) is 8.96. The van der Waals surface area contributed by atoms with E-state index >= 15 is 0 Å². The summed E-state index contributed by atoms with van der Waals surface area (Å²) in [6.45, 7) is 4.27. The van der Waals surface area contributed by atoms with Crippen LogP contribution in [0, 0.1) is 0 Å². The highest BCUT2D eigenvalue weighted by molar-refractivity contribution is 7.89. The first kappa shape index (κ1) is 15.7. The van der Waals surface area contributed by atoms with Gasteiger partial charge in [-0.2, -0.15) is 0 Å². The van der Waals surface area contributed by atoms with Gasteiger partial charge in [0.25, 0.3) is 0 Å². The molecule has 23 heavy (non-hydrogen) atoms. The van der Waals surface area contributed by atoms with E-state index in [9.17, 15) is 8.42 Å². The van der Waals surface area contributed by atoms with Crippen molar-refractivity contribution in [2.24, 2.45) is 0 Å². The standard InChI is InChI=1S/C17H19N3O2S/c1-13(2)20-12-16(15-9-6-10-18-17(15)20)23(21,22)19-11-14-7-4-3-5-8-14/h3-10,12-13,19H,11H2,1-2H3. The SMILES string of the molecule is CC(C)n1cc(S(=O)(=O)NCc2ccccc2)c2cccnc21. The summed E-state index contributed by atoms with van der Waals surface area (Å²) in [5.41, 5.74) is 1.60. The maximum atomic E-state index is 12.7. The van der Waals surface area contributed by atoms with Crippen LogP contribution in [0.4, 0.5) is 0 Å². The molecule has 0 saturated carbocycles. The van der Waals surface area contributed by atoms with Gasteiger partial charge in [0.1, 0.15) is 10.5 Å². The predicted molar refractivity (Wildman–Crippen MR) is 90.6 cm³/mol. The van der Waals surface area contributed by atoms with Crippen molar-refractivity contribution in [3.63, 3.8) is 0 Å². The number of fused-ring (bicyclic) bond motifs is 1. The van der Waals surface area contributed by atoms with E-state index in [1.54, 1.807) is 24.5 Å². The number of benzene rings is 1. The van der Waals surface area contributed by atoms with Crippen LogP contribution in [0.3, 0.4) is 0 Å². The van der Waals surface area contributed by atoms with Gasteiger partial charge in [-0.25, -0.2) is 18.1 Å². The predicted octanol–water partition coefficient (Wildman–Crippen LogP) is 3.10. The molecule has 2 heterocycles. The Labute approximate surface area is 136 Å². The summed E-state index contributed by atoms with van der Waals surface area (Å²) in [5.74, 6) is 0. The van der Waals surface area contributed by atoms with Crippen LogP contribution in [0.2, 0.25) is 0 Å². The number of aromatic nitrogens is 2. The lowest BCUT2D eigenvalue weighted by atomic mass is 10.2. The van der Waals surface area contributed by atoms with Crippen LogP contribution in [0.1, 0.15) is 25.5 Å². The summed E-state index contributed by atoms with van der Waals surface area (Å²) < 4.78 is 30.0. The van der Waals surface area contributed by atoms with E-state index < -0.39 is 10.0 Å². The third-order valence-corrected chi connectivity index (χ3v) is 5.14. The molecule has 2 aromatic heterocycles. The number of sulfonamides is 1. The maximum absolute atomic E-state index is 12.7. The van der Waals surface area contributed by atoms with Gasteiger partial charge in [-0.05, 0) is 31.5 Å². The Morgan fingerprint density at radius 2 is 1.87 bits per heavy atom. The highest BCUT2D eigenvalue weighted by Crippen LogP contribution is 2.26. The molecule has 6 heteroatoms. The maximum Gasteiger partial charge on any atom is 0.243 e. The summed E-state index contributed by atoms with van der Waals surface area (Å²) in [7, 11) is -3.61. The molecule has 0 atom stereocenters.